The van der Waals surface area contributed by atoms with Crippen molar-refractivity contribution < 1.29 is 9.47 Å². The zero-order valence-corrected chi connectivity index (χ0v) is 16.6. The fraction of sp³-hybridized carbons (Fsp3) is 0.625. The number of halogens is 1. The van der Waals surface area contributed by atoms with E-state index in [0.717, 1.165) is 44.1 Å². The predicted octanol–water partition coefficient (Wildman–Crippen LogP) is 2.58. The van der Waals surface area contributed by atoms with Crippen LogP contribution >= 0.6 is 24.0 Å². The summed E-state index contributed by atoms with van der Waals surface area (Å²) in [6.07, 6.45) is 3.76. The highest BCUT2D eigenvalue weighted by Gasteiger charge is 2.00. The summed E-state index contributed by atoms with van der Waals surface area (Å²) in [5.41, 5.74) is 1.08. The van der Waals surface area contributed by atoms with Crippen molar-refractivity contribution in [3.05, 3.63) is 23.9 Å². The van der Waals surface area contributed by atoms with Gasteiger partial charge in [0.1, 0.15) is 0 Å². The SMILES string of the molecule is CCCOc1ccc(CNC(=NC)NCCCOCC)cn1.I. The highest BCUT2D eigenvalue weighted by molar-refractivity contribution is 14.0. The van der Waals surface area contributed by atoms with E-state index in [-0.39, 0.29) is 24.0 Å². The number of pyridine rings is 1. The molecule has 0 aromatic carbocycles. The smallest absolute Gasteiger partial charge is 0.213 e. The van der Waals surface area contributed by atoms with Gasteiger partial charge in [0.25, 0.3) is 0 Å². The molecule has 0 bridgehead atoms. The van der Waals surface area contributed by atoms with Crippen LogP contribution in [0.15, 0.2) is 23.3 Å². The van der Waals surface area contributed by atoms with Crippen LogP contribution < -0.4 is 15.4 Å². The fourth-order valence-electron chi connectivity index (χ4n) is 1.74. The van der Waals surface area contributed by atoms with E-state index in [4.69, 9.17) is 9.47 Å². The number of rotatable bonds is 10. The van der Waals surface area contributed by atoms with Gasteiger partial charge in [-0.2, -0.15) is 0 Å². The largest absolute Gasteiger partial charge is 0.478 e. The summed E-state index contributed by atoms with van der Waals surface area (Å²) in [7, 11) is 1.76. The van der Waals surface area contributed by atoms with Crippen LogP contribution in [0, 0.1) is 0 Å². The van der Waals surface area contributed by atoms with Gasteiger partial charge in [0, 0.05) is 45.6 Å². The lowest BCUT2D eigenvalue weighted by Crippen LogP contribution is -2.37. The van der Waals surface area contributed by atoms with Gasteiger partial charge in [0.2, 0.25) is 5.88 Å². The molecule has 0 saturated carbocycles. The van der Waals surface area contributed by atoms with Gasteiger partial charge in [0.15, 0.2) is 5.96 Å². The molecule has 2 N–H and O–H groups in total. The first-order chi connectivity index (χ1) is 10.8. The van der Waals surface area contributed by atoms with Crippen LogP contribution in [0.4, 0.5) is 0 Å². The van der Waals surface area contributed by atoms with Crippen LogP contribution in [-0.4, -0.2) is 44.4 Å². The molecular weight excluding hydrogens is 407 g/mol. The second-order valence-electron chi connectivity index (χ2n) is 4.76. The van der Waals surface area contributed by atoms with E-state index >= 15 is 0 Å². The molecule has 0 saturated heterocycles. The first-order valence-electron chi connectivity index (χ1n) is 7.90. The van der Waals surface area contributed by atoms with Gasteiger partial charge in [-0.25, -0.2) is 4.98 Å². The third-order valence-corrected chi connectivity index (χ3v) is 2.90. The van der Waals surface area contributed by atoms with Crippen LogP contribution in [0.1, 0.15) is 32.3 Å². The number of nitrogens with one attached hydrogen (secondary N) is 2. The summed E-state index contributed by atoms with van der Waals surface area (Å²) in [5.74, 6) is 1.45. The van der Waals surface area contributed by atoms with Gasteiger partial charge in [0.05, 0.1) is 6.61 Å². The Morgan fingerprint density at radius 1 is 1.22 bits per heavy atom. The van der Waals surface area contributed by atoms with Gasteiger partial charge in [-0.3, -0.25) is 4.99 Å². The number of guanidine groups is 1. The van der Waals surface area contributed by atoms with Crippen molar-refractivity contribution in [2.24, 2.45) is 4.99 Å². The third kappa shape index (κ3) is 10.3. The Morgan fingerprint density at radius 3 is 2.65 bits per heavy atom. The molecule has 0 amide bonds. The molecule has 1 rings (SSSR count). The summed E-state index contributed by atoms with van der Waals surface area (Å²) in [6.45, 7) is 7.81. The maximum absolute atomic E-state index is 5.46. The Morgan fingerprint density at radius 2 is 2.04 bits per heavy atom. The molecule has 1 aromatic heterocycles. The molecule has 0 fully saturated rings. The van der Waals surface area contributed by atoms with E-state index in [1.165, 1.54) is 0 Å². The molecule has 0 radical (unpaired) electrons. The standard InChI is InChI=1S/C16H28N4O2.HI/c1-4-10-22-15-8-7-14(12-19-15)13-20-16(17-3)18-9-6-11-21-5-2;/h7-8,12H,4-6,9-11,13H2,1-3H3,(H2,17,18,20);1H. The molecule has 1 heterocycles. The Bertz CT molecular complexity index is 427. The maximum Gasteiger partial charge on any atom is 0.213 e. The average molecular weight is 436 g/mol. The summed E-state index contributed by atoms with van der Waals surface area (Å²) in [5, 5.41) is 6.51. The average Bonchev–Trinajstić information content (AvgIpc) is 2.56. The Balaban J connectivity index is 0.00000484. The van der Waals surface area contributed by atoms with Crippen molar-refractivity contribution >= 4 is 29.9 Å². The third-order valence-electron chi connectivity index (χ3n) is 2.90. The molecule has 0 unspecified atom stereocenters. The Kier molecular flexibility index (Phi) is 13.8. The number of hydrogen-bond acceptors (Lipinski definition) is 4. The number of aromatic nitrogens is 1. The van der Waals surface area contributed by atoms with Crippen molar-refractivity contribution in [3.63, 3.8) is 0 Å². The van der Waals surface area contributed by atoms with Gasteiger partial charge in [-0.1, -0.05) is 13.0 Å². The van der Waals surface area contributed by atoms with Crippen LogP contribution in [0.3, 0.4) is 0 Å². The topological polar surface area (TPSA) is 67.8 Å². The summed E-state index contributed by atoms with van der Waals surface area (Å²) >= 11 is 0. The zero-order valence-electron chi connectivity index (χ0n) is 14.3. The van der Waals surface area contributed by atoms with Crippen molar-refractivity contribution in [2.75, 3.05) is 33.4 Å². The van der Waals surface area contributed by atoms with Gasteiger partial charge in [-0.15, -0.1) is 24.0 Å². The fourth-order valence-corrected chi connectivity index (χ4v) is 1.74. The number of ether oxygens (including phenoxy) is 2. The molecule has 0 spiro atoms. The van der Waals surface area contributed by atoms with E-state index in [0.29, 0.717) is 19.0 Å². The quantitative estimate of drug-likeness (QED) is 0.256. The van der Waals surface area contributed by atoms with Crippen molar-refractivity contribution in [1.82, 2.24) is 15.6 Å². The van der Waals surface area contributed by atoms with Crippen molar-refractivity contribution in [3.8, 4) is 5.88 Å². The molecule has 0 aliphatic heterocycles. The van der Waals surface area contributed by atoms with Crippen LogP contribution in [0.5, 0.6) is 5.88 Å². The Hall–Kier alpha value is -1.09. The minimum absolute atomic E-state index is 0. The van der Waals surface area contributed by atoms with E-state index < -0.39 is 0 Å². The number of hydrogen-bond donors (Lipinski definition) is 2. The van der Waals surface area contributed by atoms with E-state index in [1.807, 2.05) is 25.3 Å². The van der Waals surface area contributed by atoms with Crippen LogP contribution in [0.25, 0.3) is 0 Å². The lowest BCUT2D eigenvalue weighted by atomic mass is 10.3. The van der Waals surface area contributed by atoms with E-state index in [2.05, 4.69) is 27.5 Å². The molecule has 1 aromatic rings. The maximum atomic E-state index is 5.46. The second kappa shape index (κ2) is 14.5. The predicted molar refractivity (Wildman–Crippen MR) is 105 cm³/mol. The molecular formula is C16H29IN4O2. The molecule has 0 aliphatic rings. The van der Waals surface area contributed by atoms with E-state index in [1.54, 1.807) is 7.05 Å². The van der Waals surface area contributed by atoms with Gasteiger partial charge in [-0.05, 0) is 25.3 Å². The highest BCUT2D eigenvalue weighted by atomic mass is 127. The first kappa shape index (κ1) is 21.9. The lowest BCUT2D eigenvalue weighted by molar-refractivity contribution is 0.145. The normalized spacial score (nSPS) is 10.8. The monoisotopic (exact) mass is 436 g/mol. The molecule has 7 heteroatoms. The van der Waals surface area contributed by atoms with Gasteiger partial charge >= 0.3 is 0 Å². The van der Waals surface area contributed by atoms with Crippen LogP contribution in [-0.2, 0) is 11.3 Å². The number of nitrogens with zero attached hydrogens (tertiary/aromatic N) is 2. The highest BCUT2D eigenvalue weighted by Crippen LogP contribution is 2.07. The molecule has 0 aliphatic carbocycles. The summed E-state index contributed by atoms with van der Waals surface area (Å²) < 4.78 is 10.8. The molecule has 6 nitrogen and oxygen atoms in total. The van der Waals surface area contributed by atoms with Crippen molar-refractivity contribution in [1.29, 1.82) is 0 Å². The summed E-state index contributed by atoms with van der Waals surface area (Å²) in [6, 6.07) is 3.90. The van der Waals surface area contributed by atoms with E-state index in [9.17, 15) is 0 Å². The second-order valence-corrected chi connectivity index (χ2v) is 4.76. The Labute approximate surface area is 156 Å². The minimum Gasteiger partial charge on any atom is -0.478 e. The van der Waals surface area contributed by atoms with Gasteiger partial charge < -0.3 is 20.1 Å². The zero-order chi connectivity index (χ0) is 16.0. The lowest BCUT2D eigenvalue weighted by Gasteiger charge is -2.12. The van der Waals surface area contributed by atoms with Crippen LogP contribution in [0.2, 0.25) is 0 Å². The minimum atomic E-state index is 0. The molecule has 0 atom stereocenters. The molecule has 23 heavy (non-hydrogen) atoms. The summed E-state index contributed by atoms with van der Waals surface area (Å²) in [4.78, 5) is 8.46. The van der Waals surface area contributed by atoms with Crippen molar-refractivity contribution in [2.45, 2.75) is 33.2 Å². The number of aliphatic imine (C=N–C) groups is 1. The first-order valence-corrected chi connectivity index (χ1v) is 7.90. The molecule has 132 valence electrons.